The highest BCUT2D eigenvalue weighted by Gasteiger charge is 2.14. The van der Waals surface area contributed by atoms with Gasteiger partial charge in [-0.05, 0) is 65.6 Å². The number of nitrogens with zero attached hydrogens (tertiary/aromatic N) is 2. The first-order valence-corrected chi connectivity index (χ1v) is 9.01. The van der Waals surface area contributed by atoms with Gasteiger partial charge in [0.25, 0.3) is 0 Å². The van der Waals surface area contributed by atoms with Crippen molar-refractivity contribution < 1.29 is 10.2 Å². The monoisotopic (exact) mass is 370 g/mol. The van der Waals surface area contributed by atoms with Crippen LogP contribution in [0.4, 0.5) is 0 Å². The summed E-state index contributed by atoms with van der Waals surface area (Å²) in [4.78, 5) is 7.95. The molecule has 138 valence electrons. The molecule has 0 amide bonds. The molecule has 4 N–H and O–H groups in total. The van der Waals surface area contributed by atoms with E-state index in [0.717, 1.165) is 50.1 Å². The zero-order valence-corrected chi connectivity index (χ0v) is 15.2. The Morgan fingerprint density at radius 1 is 1.00 bits per heavy atom. The molecule has 0 fully saturated rings. The molecule has 2 heterocycles. The summed E-state index contributed by atoms with van der Waals surface area (Å²) in [5.74, 6) is 0.902. The van der Waals surface area contributed by atoms with Gasteiger partial charge in [0.15, 0.2) is 5.82 Å². The lowest BCUT2D eigenvalue weighted by molar-refractivity contribution is 0.281. The summed E-state index contributed by atoms with van der Waals surface area (Å²) in [6, 6.07) is 17.4. The van der Waals surface area contributed by atoms with Crippen LogP contribution in [-0.4, -0.2) is 30.4 Å². The number of phenolic OH excluding ortho intramolecular Hbond substituents is 1. The highest BCUT2D eigenvalue weighted by atomic mass is 16.3. The van der Waals surface area contributed by atoms with Crippen LogP contribution in [0, 0.1) is 6.92 Å². The van der Waals surface area contributed by atoms with Gasteiger partial charge in [-0.3, -0.25) is 5.10 Å². The van der Waals surface area contributed by atoms with Gasteiger partial charge in [-0.1, -0.05) is 18.2 Å². The summed E-state index contributed by atoms with van der Waals surface area (Å²) in [7, 11) is 0. The largest absolute Gasteiger partial charge is 0.508 e. The summed E-state index contributed by atoms with van der Waals surface area (Å²) < 4.78 is 0. The average Bonchev–Trinajstić information content (AvgIpc) is 3.32. The summed E-state index contributed by atoms with van der Waals surface area (Å²) in [5.41, 5.74) is 6.79. The minimum atomic E-state index is -0.144. The van der Waals surface area contributed by atoms with E-state index in [9.17, 15) is 10.2 Å². The molecule has 3 aromatic carbocycles. The van der Waals surface area contributed by atoms with Crippen LogP contribution in [0.1, 0.15) is 11.1 Å². The van der Waals surface area contributed by atoms with Crippen LogP contribution in [0.5, 0.6) is 5.75 Å². The van der Waals surface area contributed by atoms with Crippen LogP contribution < -0.4 is 0 Å². The first-order chi connectivity index (χ1) is 13.6. The van der Waals surface area contributed by atoms with Crippen molar-refractivity contribution in [3.05, 3.63) is 65.7 Å². The summed E-state index contributed by atoms with van der Waals surface area (Å²) in [5, 5.41) is 28.1. The molecule has 5 aromatic rings. The fourth-order valence-corrected chi connectivity index (χ4v) is 3.57. The Bertz CT molecular complexity index is 1300. The Labute approximate surface area is 160 Å². The average molecular weight is 370 g/mol. The van der Waals surface area contributed by atoms with Crippen molar-refractivity contribution in [3.8, 4) is 28.4 Å². The van der Waals surface area contributed by atoms with Gasteiger partial charge in [-0.15, -0.1) is 0 Å². The van der Waals surface area contributed by atoms with Gasteiger partial charge in [0, 0.05) is 5.39 Å². The number of aliphatic hydroxyl groups excluding tert-OH is 1. The topological polar surface area (TPSA) is 97.8 Å². The first kappa shape index (κ1) is 16.5. The van der Waals surface area contributed by atoms with E-state index in [4.69, 9.17) is 0 Å². The Hall–Kier alpha value is -3.64. The van der Waals surface area contributed by atoms with Crippen molar-refractivity contribution in [2.24, 2.45) is 0 Å². The van der Waals surface area contributed by atoms with Gasteiger partial charge < -0.3 is 15.2 Å². The molecular formula is C22H18N4O2. The van der Waals surface area contributed by atoms with E-state index >= 15 is 0 Å². The van der Waals surface area contributed by atoms with Gasteiger partial charge >= 0.3 is 0 Å². The normalized spacial score (nSPS) is 11.5. The number of H-pyrrole nitrogens is 2. The number of benzene rings is 3. The molecule has 0 aliphatic heterocycles. The van der Waals surface area contributed by atoms with Gasteiger partial charge in [-0.2, -0.15) is 5.10 Å². The Kier molecular flexibility index (Phi) is 3.67. The van der Waals surface area contributed by atoms with E-state index in [1.54, 1.807) is 6.07 Å². The zero-order chi connectivity index (χ0) is 19.3. The van der Waals surface area contributed by atoms with E-state index < -0.39 is 0 Å². The number of aromatic amines is 2. The van der Waals surface area contributed by atoms with Crippen molar-refractivity contribution in [1.82, 2.24) is 20.2 Å². The SMILES string of the molecule is Cc1cc(-c2ccc3c(-c4nc5ccccc5[nH]4)n[nH]c3c2)c(CO)cc1O. The Morgan fingerprint density at radius 2 is 1.86 bits per heavy atom. The van der Waals surface area contributed by atoms with Crippen LogP contribution in [-0.2, 0) is 6.61 Å². The molecule has 6 heteroatoms. The first-order valence-electron chi connectivity index (χ1n) is 9.01. The van der Waals surface area contributed by atoms with Crippen molar-refractivity contribution in [2.45, 2.75) is 13.5 Å². The third-order valence-corrected chi connectivity index (χ3v) is 5.08. The van der Waals surface area contributed by atoms with Gasteiger partial charge in [0.1, 0.15) is 11.4 Å². The number of hydrogen-bond donors (Lipinski definition) is 4. The van der Waals surface area contributed by atoms with Gasteiger partial charge in [-0.25, -0.2) is 4.98 Å². The third kappa shape index (κ3) is 2.54. The number of para-hydroxylation sites is 2. The second-order valence-electron chi connectivity index (χ2n) is 6.89. The number of nitrogens with one attached hydrogen (secondary N) is 2. The molecule has 0 radical (unpaired) electrons. The summed E-state index contributed by atoms with van der Waals surface area (Å²) in [6.07, 6.45) is 0. The highest BCUT2D eigenvalue weighted by molar-refractivity contribution is 5.95. The number of imidazole rings is 1. The predicted octanol–water partition coefficient (Wildman–Crippen LogP) is 4.28. The second kappa shape index (κ2) is 6.21. The Balaban J connectivity index is 1.63. The van der Waals surface area contributed by atoms with Crippen molar-refractivity contribution in [1.29, 1.82) is 0 Å². The maximum atomic E-state index is 9.93. The van der Waals surface area contributed by atoms with Crippen LogP contribution in [0.2, 0.25) is 0 Å². The van der Waals surface area contributed by atoms with E-state index in [1.807, 2.05) is 55.5 Å². The molecule has 0 saturated heterocycles. The van der Waals surface area contributed by atoms with E-state index in [2.05, 4.69) is 20.2 Å². The zero-order valence-electron chi connectivity index (χ0n) is 15.2. The Morgan fingerprint density at radius 3 is 2.68 bits per heavy atom. The predicted molar refractivity (Wildman–Crippen MR) is 109 cm³/mol. The number of rotatable bonds is 3. The maximum Gasteiger partial charge on any atom is 0.159 e. The molecule has 0 aliphatic rings. The van der Waals surface area contributed by atoms with Crippen LogP contribution in [0.3, 0.4) is 0 Å². The molecular weight excluding hydrogens is 352 g/mol. The number of aryl methyl sites for hydroxylation is 1. The molecule has 0 spiro atoms. The second-order valence-corrected chi connectivity index (χ2v) is 6.89. The van der Waals surface area contributed by atoms with Crippen molar-refractivity contribution >= 4 is 21.9 Å². The van der Waals surface area contributed by atoms with Crippen LogP contribution >= 0.6 is 0 Å². The van der Waals surface area contributed by atoms with Crippen LogP contribution in [0.15, 0.2) is 54.6 Å². The lowest BCUT2D eigenvalue weighted by Gasteiger charge is -2.11. The maximum absolute atomic E-state index is 9.93. The van der Waals surface area contributed by atoms with E-state index in [0.29, 0.717) is 5.56 Å². The third-order valence-electron chi connectivity index (χ3n) is 5.08. The van der Waals surface area contributed by atoms with Gasteiger partial charge in [0.05, 0.1) is 23.2 Å². The molecule has 28 heavy (non-hydrogen) atoms. The summed E-state index contributed by atoms with van der Waals surface area (Å²) >= 11 is 0. The van der Waals surface area contributed by atoms with Crippen LogP contribution in [0.25, 0.3) is 44.6 Å². The molecule has 0 atom stereocenters. The fraction of sp³-hybridized carbons (Fsp3) is 0.0909. The number of aliphatic hydroxyl groups is 1. The minimum absolute atomic E-state index is 0.144. The molecule has 2 aromatic heterocycles. The van der Waals surface area contributed by atoms with Gasteiger partial charge in [0.2, 0.25) is 0 Å². The number of aromatic nitrogens is 4. The highest BCUT2D eigenvalue weighted by Crippen LogP contribution is 2.33. The summed E-state index contributed by atoms with van der Waals surface area (Å²) in [6.45, 7) is 1.70. The fourth-order valence-electron chi connectivity index (χ4n) is 3.57. The number of fused-ring (bicyclic) bond motifs is 2. The molecule has 0 bridgehead atoms. The lowest BCUT2D eigenvalue weighted by atomic mass is 9.96. The molecule has 0 unspecified atom stereocenters. The van der Waals surface area contributed by atoms with E-state index in [-0.39, 0.29) is 12.4 Å². The smallest absolute Gasteiger partial charge is 0.159 e. The standard InChI is InChI=1S/C22H18N4O2/c1-12-8-16(14(11-27)10-20(12)28)13-6-7-15-19(9-13)25-26-21(15)22-23-17-4-2-3-5-18(17)24-22/h2-10,27-28H,11H2,1H3,(H,23,24)(H,25,26). The lowest BCUT2D eigenvalue weighted by Crippen LogP contribution is -1.91. The van der Waals surface area contributed by atoms with E-state index in [1.165, 1.54) is 0 Å². The quantitative estimate of drug-likeness (QED) is 0.381. The minimum Gasteiger partial charge on any atom is -0.508 e. The van der Waals surface area contributed by atoms with Crippen molar-refractivity contribution in [3.63, 3.8) is 0 Å². The number of hydrogen-bond acceptors (Lipinski definition) is 4. The number of aromatic hydroxyl groups is 1. The molecule has 6 nitrogen and oxygen atoms in total. The molecule has 0 aliphatic carbocycles. The van der Waals surface area contributed by atoms with Crippen molar-refractivity contribution in [2.75, 3.05) is 0 Å². The molecule has 5 rings (SSSR count). The number of phenols is 1. The molecule has 0 saturated carbocycles.